The number of nitrogens with one attached hydrogen (secondary N) is 1. The van der Waals surface area contributed by atoms with Gasteiger partial charge in [-0.3, -0.25) is 0 Å². The number of benzene rings is 1. The maximum atomic E-state index is 13.0. The molecule has 0 radical (unpaired) electrons. The van der Waals surface area contributed by atoms with Gasteiger partial charge in [0.2, 0.25) is 0 Å². The number of furan rings is 1. The molecule has 3 heteroatoms. The van der Waals surface area contributed by atoms with Gasteiger partial charge in [0.05, 0.1) is 12.3 Å². The number of halogens is 1. The largest absolute Gasteiger partial charge is 0.468 e. The fourth-order valence-electron chi connectivity index (χ4n) is 2.49. The zero-order chi connectivity index (χ0) is 13.2. The molecule has 0 amide bonds. The SMILES string of the molecule is C[C@@H](NC(c1ccc(F)cc1)C1CC1)c1ccco1. The molecule has 100 valence electrons. The highest BCUT2D eigenvalue weighted by molar-refractivity contribution is 5.22. The summed E-state index contributed by atoms with van der Waals surface area (Å²) in [6, 6.07) is 11.1. The van der Waals surface area contributed by atoms with Crippen molar-refractivity contribution in [3.63, 3.8) is 0 Å². The van der Waals surface area contributed by atoms with Gasteiger partial charge in [0.1, 0.15) is 11.6 Å². The number of hydrogen-bond acceptors (Lipinski definition) is 2. The normalized spacial score (nSPS) is 18.2. The first-order valence-electron chi connectivity index (χ1n) is 6.79. The predicted octanol–water partition coefficient (Wildman–Crippen LogP) is 4.22. The van der Waals surface area contributed by atoms with Crippen LogP contribution >= 0.6 is 0 Å². The Morgan fingerprint density at radius 1 is 1.21 bits per heavy atom. The van der Waals surface area contributed by atoms with Crippen LogP contribution in [0.3, 0.4) is 0 Å². The fraction of sp³-hybridized carbons (Fsp3) is 0.375. The van der Waals surface area contributed by atoms with Crippen LogP contribution in [0, 0.1) is 11.7 Å². The van der Waals surface area contributed by atoms with Crippen LogP contribution in [0.2, 0.25) is 0 Å². The molecule has 0 spiro atoms. The van der Waals surface area contributed by atoms with Gasteiger partial charge in [0, 0.05) is 6.04 Å². The van der Waals surface area contributed by atoms with Crippen molar-refractivity contribution in [2.75, 3.05) is 0 Å². The van der Waals surface area contributed by atoms with Gasteiger partial charge in [-0.2, -0.15) is 0 Å². The summed E-state index contributed by atoms with van der Waals surface area (Å²) in [6.45, 7) is 2.09. The van der Waals surface area contributed by atoms with Crippen molar-refractivity contribution >= 4 is 0 Å². The van der Waals surface area contributed by atoms with Crippen molar-refractivity contribution in [2.24, 2.45) is 5.92 Å². The molecule has 3 rings (SSSR count). The molecule has 2 aromatic rings. The van der Waals surface area contributed by atoms with E-state index in [2.05, 4.69) is 12.2 Å². The molecular weight excluding hydrogens is 241 g/mol. The molecule has 1 saturated carbocycles. The summed E-state index contributed by atoms with van der Waals surface area (Å²) in [7, 11) is 0. The van der Waals surface area contributed by atoms with Gasteiger partial charge < -0.3 is 9.73 Å². The van der Waals surface area contributed by atoms with Crippen LogP contribution in [0.15, 0.2) is 47.1 Å². The molecule has 1 aliphatic carbocycles. The van der Waals surface area contributed by atoms with E-state index in [4.69, 9.17) is 4.42 Å². The van der Waals surface area contributed by atoms with Crippen molar-refractivity contribution in [3.8, 4) is 0 Å². The lowest BCUT2D eigenvalue weighted by atomic mass is 10.0. The van der Waals surface area contributed by atoms with Crippen molar-refractivity contribution in [3.05, 3.63) is 59.8 Å². The van der Waals surface area contributed by atoms with E-state index in [1.54, 1.807) is 6.26 Å². The van der Waals surface area contributed by atoms with E-state index >= 15 is 0 Å². The smallest absolute Gasteiger partial charge is 0.123 e. The summed E-state index contributed by atoms with van der Waals surface area (Å²) >= 11 is 0. The topological polar surface area (TPSA) is 25.2 Å². The van der Waals surface area contributed by atoms with E-state index in [1.807, 2.05) is 24.3 Å². The molecule has 2 nitrogen and oxygen atoms in total. The second-order valence-electron chi connectivity index (χ2n) is 5.27. The van der Waals surface area contributed by atoms with E-state index in [0.717, 1.165) is 11.3 Å². The average Bonchev–Trinajstić information content (AvgIpc) is 3.10. The lowest BCUT2D eigenvalue weighted by Crippen LogP contribution is -2.26. The highest BCUT2D eigenvalue weighted by Gasteiger charge is 2.33. The van der Waals surface area contributed by atoms with Crippen molar-refractivity contribution in [1.29, 1.82) is 0 Å². The van der Waals surface area contributed by atoms with Crippen molar-refractivity contribution < 1.29 is 8.81 Å². The van der Waals surface area contributed by atoms with E-state index in [9.17, 15) is 4.39 Å². The second-order valence-corrected chi connectivity index (χ2v) is 5.27. The van der Waals surface area contributed by atoms with E-state index < -0.39 is 0 Å². The summed E-state index contributed by atoms with van der Waals surface area (Å²) in [4.78, 5) is 0. The molecule has 1 unspecified atom stereocenters. The molecule has 2 atom stereocenters. The third-order valence-corrected chi connectivity index (χ3v) is 3.72. The highest BCUT2D eigenvalue weighted by atomic mass is 19.1. The third-order valence-electron chi connectivity index (χ3n) is 3.72. The van der Waals surface area contributed by atoms with Gasteiger partial charge in [-0.05, 0) is 55.5 Å². The van der Waals surface area contributed by atoms with Gasteiger partial charge in [-0.15, -0.1) is 0 Å². The quantitative estimate of drug-likeness (QED) is 0.869. The van der Waals surface area contributed by atoms with Crippen LogP contribution in [-0.4, -0.2) is 0 Å². The Labute approximate surface area is 112 Å². The lowest BCUT2D eigenvalue weighted by Gasteiger charge is -2.22. The van der Waals surface area contributed by atoms with Gasteiger partial charge in [-0.1, -0.05) is 12.1 Å². The molecule has 0 saturated heterocycles. The van der Waals surface area contributed by atoms with Crippen molar-refractivity contribution in [1.82, 2.24) is 5.32 Å². The van der Waals surface area contributed by atoms with E-state index in [1.165, 1.54) is 25.0 Å². The molecule has 0 bridgehead atoms. The van der Waals surface area contributed by atoms with Crippen molar-refractivity contribution in [2.45, 2.75) is 31.8 Å². The maximum absolute atomic E-state index is 13.0. The Kier molecular flexibility index (Phi) is 3.38. The standard InChI is InChI=1S/C16H18FNO/c1-11(15-3-2-10-19-15)18-16(12-4-5-12)13-6-8-14(17)9-7-13/h2-3,6-12,16,18H,4-5H2,1H3/t11-,16?/m1/s1. The van der Waals surface area contributed by atoms with Gasteiger partial charge in [0.25, 0.3) is 0 Å². The summed E-state index contributed by atoms with van der Waals surface area (Å²) in [5.41, 5.74) is 1.15. The molecule has 0 aliphatic heterocycles. The summed E-state index contributed by atoms with van der Waals surface area (Å²) in [5.74, 6) is 1.41. The zero-order valence-corrected chi connectivity index (χ0v) is 11.0. The number of rotatable bonds is 5. The molecule has 1 N–H and O–H groups in total. The monoisotopic (exact) mass is 259 g/mol. The predicted molar refractivity (Wildman–Crippen MR) is 72.1 cm³/mol. The fourth-order valence-corrected chi connectivity index (χ4v) is 2.49. The van der Waals surface area contributed by atoms with E-state index in [0.29, 0.717) is 5.92 Å². The minimum atomic E-state index is -0.183. The van der Waals surface area contributed by atoms with Gasteiger partial charge >= 0.3 is 0 Å². The Bertz CT molecular complexity index is 516. The Hall–Kier alpha value is -1.61. The maximum Gasteiger partial charge on any atom is 0.123 e. The zero-order valence-electron chi connectivity index (χ0n) is 11.0. The first kappa shape index (κ1) is 12.4. The van der Waals surface area contributed by atoms with Crippen LogP contribution in [0.25, 0.3) is 0 Å². The van der Waals surface area contributed by atoms with Crippen LogP contribution in [0.4, 0.5) is 4.39 Å². The Morgan fingerprint density at radius 3 is 2.53 bits per heavy atom. The minimum Gasteiger partial charge on any atom is -0.468 e. The summed E-state index contributed by atoms with van der Waals surface area (Å²) in [6.07, 6.45) is 4.16. The molecular formula is C16H18FNO. The molecule has 1 fully saturated rings. The molecule has 1 aromatic heterocycles. The molecule has 19 heavy (non-hydrogen) atoms. The summed E-state index contributed by atoms with van der Waals surface area (Å²) < 4.78 is 18.4. The average molecular weight is 259 g/mol. The first-order chi connectivity index (χ1) is 9.24. The van der Waals surface area contributed by atoms with Gasteiger partial charge in [-0.25, -0.2) is 4.39 Å². The molecule has 1 aliphatic rings. The lowest BCUT2D eigenvalue weighted by molar-refractivity contribution is 0.372. The summed E-state index contributed by atoms with van der Waals surface area (Å²) in [5, 5.41) is 3.60. The van der Waals surface area contributed by atoms with Crippen LogP contribution in [0.1, 0.15) is 43.2 Å². The van der Waals surface area contributed by atoms with Crippen LogP contribution < -0.4 is 5.32 Å². The second kappa shape index (κ2) is 5.17. The Balaban J connectivity index is 1.76. The van der Waals surface area contributed by atoms with Crippen LogP contribution in [0.5, 0.6) is 0 Å². The highest BCUT2D eigenvalue weighted by Crippen LogP contribution is 2.42. The first-order valence-corrected chi connectivity index (χ1v) is 6.79. The van der Waals surface area contributed by atoms with Gasteiger partial charge in [0.15, 0.2) is 0 Å². The van der Waals surface area contributed by atoms with Crippen LogP contribution in [-0.2, 0) is 0 Å². The molecule has 1 heterocycles. The Morgan fingerprint density at radius 2 is 1.95 bits per heavy atom. The number of hydrogen-bond donors (Lipinski definition) is 1. The third kappa shape index (κ3) is 2.87. The molecule has 1 aromatic carbocycles. The minimum absolute atomic E-state index is 0.158. The van der Waals surface area contributed by atoms with E-state index in [-0.39, 0.29) is 17.9 Å².